The maximum absolute atomic E-state index is 5.34. The molecular formula is C20H20N6OS. The predicted molar refractivity (Wildman–Crippen MR) is 107 cm³/mol. The third-order valence-corrected chi connectivity index (χ3v) is 5.10. The molecule has 0 aliphatic rings. The molecule has 0 bridgehead atoms. The molecule has 0 atom stereocenters. The Hall–Kier alpha value is -3.00. The van der Waals surface area contributed by atoms with E-state index in [0.29, 0.717) is 18.2 Å². The lowest BCUT2D eigenvalue weighted by atomic mass is 10.2. The van der Waals surface area contributed by atoms with Gasteiger partial charge in [0, 0.05) is 24.4 Å². The standard InChI is InChI=1S/C20H20N6OS/c1-2-6-17-22-18(27-25-17)14-28-20-24-23-19(16-9-11-21-12-10-16)26(20)13-15-7-4-3-5-8-15/h3-5,7-12H,2,6,13-14H2,1H3. The Bertz CT molecular complexity index is 1020. The first kappa shape index (κ1) is 18.4. The van der Waals surface area contributed by atoms with Gasteiger partial charge in [-0.2, -0.15) is 4.98 Å². The molecule has 3 heterocycles. The van der Waals surface area contributed by atoms with Gasteiger partial charge >= 0.3 is 0 Å². The SMILES string of the molecule is CCCc1noc(CSc2nnc(-c3ccncc3)n2Cc2ccccc2)n1. The number of thioether (sulfide) groups is 1. The molecule has 1 aromatic carbocycles. The van der Waals surface area contributed by atoms with E-state index in [-0.39, 0.29) is 0 Å². The summed E-state index contributed by atoms with van der Waals surface area (Å²) in [5.41, 5.74) is 2.16. The fourth-order valence-corrected chi connectivity index (χ4v) is 3.59. The smallest absolute Gasteiger partial charge is 0.237 e. The maximum Gasteiger partial charge on any atom is 0.237 e. The highest BCUT2D eigenvalue weighted by atomic mass is 32.2. The maximum atomic E-state index is 5.34. The van der Waals surface area contributed by atoms with Crippen LogP contribution >= 0.6 is 11.8 Å². The molecule has 3 aromatic heterocycles. The highest BCUT2D eigenvalue weighted by Crippen LogP contribution is 2.26. The van der Waals surface area contributed by atoms with Crippen LogP contribution in [0.3, 0.4) is 0 Å². The molecule has 0 aliphatic heterocycles. The minimum atomic E-state index is 0.556. The van der Waals surface area contributed by atoms with Crippen molar-refractivity contribution in [3.63, 3.8) is 0 Å². The molecule has 0 saturated heterocycles. The Morgan fingerprint density at radius 1 is 1.04 bits per heavy atom. The van der Waals surface area contributed by atoms with Crippen molar-refractivity contribution in [2.45, 2.75) is 37.2 Å². The third-order valence-electron chi connectivity index (χ3n) is 4.15. The molecule has 28 heavy (non-hydrogen) atoms. The summed E-state index contributed by atoms with van der Waals surface area (Å²) >= 11 is 1.54. The average Bonchev–Trinajstić information content (AvgIpc) is 3.35. The molecule has 0 aliphatic carbocycles. The van der Waals surface area contributed by atoms with Gasteiger partial charge in [0.15, 0.2) is 16.8 Å². The van der Waals surface area contributed by atoms with Gasteiger partial charge in [0.25, 0.3) is 0 Å². The van der Waals surface area contributed by atoms with Crippen LogP contribution in [0.2, 0.25) is 0 Å². The first-order valence-corrected chi connectivity index (χ1v) is 10.1. The first-order valence-electron chi connectivity index (χ1n) is 9.15. The predicted octanol–water partition coefficient (Wildman–Crippen LogP) is 4.02. The minimum absolute atomic E-state index is 0.556. The number of hydrogen-bond donors (Lipinski definition) is 0. The van der Waals surface area contributed by atoms with Crippen LogP contribution in [0.1, 0.15) is 30.6 Å². The number of rotatable bonds is 8. The Kier molecular flexibility index (Phi) is 5.77. The van der Waals surface area contributed by atoms with E-state index in [9.17, 15) is 0 Å². The van der Waals surface area contributed by atoms with Crippen molar-refractivity contribution in [1.29, 1.82) is 0 Å². The number of aryl methyl sites for hydroxylation is 1. The van der Waals surface area contributed by atoms with Crippen molar-refractivity contribution in [2.24, 2.45) is 0 Å². The molecule has 4 aromatic rings. The fourth-order valence-electron chi connectivity index (χ4n) is 2.82. The summed E-state index contributed by atoms with van der Waals surface area (Å²) in [6.07, 6.45) is 5.34. The monoisotopic (exact) mass is 392 g/mol. The summed E-state index contributed by atoms with van der Waals surface area (Å²) in [6.45, 7) is 2.77. The minimum Gasteiger partial charge on any atom is -0.338 e. The molecular weight excluding hydrogens is 372 g/mol. The molecule has 0 saturated carbocycles. The summed E-state index contributed by atoms with van der Waals surface area (Å²) in [4.78, 5) is 8.52. The number of nitrogens with zero attached hydrogens (tertiary/aromatic N) is 6. The zero-order valence-electron chi connectivity index (χ0n) is 15.5. The normalized spacial score (nSPS) is 11.0. The lowest BCUT2D eigenvalue weighted by Gasteiger charge is -2.10. The van der Waals surface area contributed by atoms with E-state index in [0.717, 1.165) is 35.2 Å². The number of benzene rings is 1. The Morgan fingerprint density at radius 2 is 1.86 bits per heavy atom. The molecule has 0 amide bonds. The van der Waals surface area contributed by atoms with Crippen LogP contribution in [-0.2, 0) is 18.7 Å². The van der Waals surface area contributed by atoms with Crippen LogP contribution in [0.15, 0.2) is 64.5 Å². The van der Waals surface area contributed by atoms with Gasteiger partial charge in [-0.15, -0.1) is 10.2 Å². The lowest BCUT2D eigenvalue weighted by Crippen LogP contribution is -2.04. The summed E-state index contributed by atoms with van der Waals surface area (Å²) in [5, 5.41) is 13.7. The van der Waals surface area contributed by atoms with Crippen molar-refractivity contribution in [2.75, 3.05) is 0 Å². The summed E-state index contributed by atoms with van der Waals surface area (Å²) in [7, 11) is 0. The molecule has 0 spiro atoms. The van der Waals surface area contributed by atoms with Crippen LogP contribution in [-0.4, -0.2) is 29.9 Å². The number of hydrogen-bond acceptors (Lipinski definition) is 7. The van der Waals surface area contributed by atoms with Crippen LogP contribution in [0.5, 0.6) is 0 Å². The van der Waals surface area contributed by atoms with E-state index < -0.39 is 0 Å². The van der Waals surface area contributed by atoms with Gasteiger partial charge in [0.05, 0.1) is 12.3 Å². The van der Waals surface area contributed by atoms with E-state index >= 15 is 0 Å². The van der Waals surface area contributed by atoms with Gasteiger partial charge < -0.3 is 4.52 Å². The molecule has 0 fully saturated rings. The van der Waals surface area contributed by atoms with Crippen LogP contribution in [0.25, 0.3) is 11.4 Å². The highest BCUT2D eigenvalue weighted by Gasteiger charge is 2.16. The molecule has 4 rings (SSSR count). The summed E-state index contributed by atoms with van der Waals surface area (Å²) in [5.74, 6) is 2.72. The lowest BCUT2D eigenvalue weighted by molar-refractivity contribution is 0.384. The Balaban J connectivity index is 1.59. The van der Waals surface area contributed by atoms with Crippen molar-refractivity contribution in [3.8, 4) is 11.4 Å². The summed E-state index contributed by atoms with van der Waals surface area (Å²) < 4.78 is 7.45. The third kappa shape index (κ3) is 4.28. The largest absolute Gasteiger partial charge is 0.338 e. The van der Waals surface area contributed by atoms with E-state index in [1.54, 1.807) is 24.2 Å². The van der Waals surface area contributed by atoms with Gasteiger partial charge in [-0.1, -0.05) is 54.2 Å². The second-order valence-corrected chi connectivity index (χ2v) is 7.20. The van der Waals surface area contributed by atoms with Crippen LogP contribution in [0.4, 0.5) is 0 Å². The van der Waals surface area contributed by atoms with E-state index in [2.05, 4.69) is 48.9 Å². The van der Waals surface area contributed by atoms with E-state index in [1.165, 1.54) is 5.56 Å². The Morgan fingerprint density at radius 3 is 2.64 bits per heavy atom. The summed E-state index contributed by atoms with van der Waals surface area (Å²) in [6, 6.07) is 14.2. The van der Waals surface area contributed by atoms with Crippen molar-refractivity contribution < 1.29 is 4.52 Å². The molecule has 142 valence electrons. The second-order valence-electron chi connectivity index (χ2n) is 6.26. The van der Waals surface area contributed by atoms with Crippen molar-refractivity contribution in [1.82, 2.24) is 29.9 Å². The van der Waals surface area contributed by atoms with Crippen molar-refractivity contribution in [3.05, 3.63) is 72.1 Å². The topological polar surface area (TPSA) is 82.5 Å². The number of aromatic nitrogens is 6. The molecule has 7 nitrogen and oxygen atoms in total. The second kappa shape index (κ2) is 8.79. The zero-order chi connectivity index (χ0) is 19.2. The molecule has 0 N–H and O–H groups in total. The van der Waals surface area contributed by atoms with Gasteiger partial charge in [-0.25, -0.2) is 0 Å². The van der Waals surface area contributed by atoms with Crippen LogP contribution < -0.4 is 0 Å². The fraction of sp³-hybridized carbons (Fsp3) is 0.250. The molecule has 0 unspecified atom stereocenters. The van der Waals surface area contributed by atoms with Gasteiger partial charge in [-0.05, 0) is 24.1 Å². The molecule has 0 radical (unpaired) electrons. The van der Waals surface area contributed by atoms with Gasteiger partial charge in [0.2, 0.25) is 5.89 Å². The highest BCUT2D eigenvalue weighted by molar-refractivity contribution is 7.98. The van der Waals surface area contributed by atoms with Crippen molar-refractivity contribution >= 4 is 11.8 Å². The van der Waals surface area contributed by atoms with E-state index in [1.807, 2.05) is 30.3 Å². The Labute approximate surface area is 167 Å². The first-order chi connectivity index (χ1) is 13.8. The molecule has 8 heteroatoms. The quantitative estimate of drug-likeness (QED) is 0.419. The number of pyridine rings is 1. The van der Waals surface area contributed by atoms with Crippen LogP contribution in [0, 0.1) is 0 Å². The zero-order valence-corrected chi connectivity index (χ0v) is 16.3. The van der Waals surface area contributed by atoms with Gasteiger partial charge in [-0.3, -0.25) is 9.55 Å². The average molecular weight is 392 g/mol. The van der Waals surface area contributed by atoms with Gasteiger partial charge in [0.1, 0.15) is 0 Å². The van der Waals surface area contributed by atoms with E-state index in [4.69, 9.17) is 4.52 Å².